The third kappa shape index (κ3) is 35.1. The fourth-order valence-electron chi connectivity index (χ4n) is 11.7. The Morgan fingerprint density at radius 3 is 0.938 bits per heavy atom. The molecule has 1 saturated carbocycles. The summed E-state index contributed by atoms with van der Waals surface area (Å²) in [6.07, 6.45) is -5.97. The minimum absolute atomic E-state index is 0.0718. The molecule has 5 aromatic rings. The zero-order valence-electron chi connectivity index (χ0n) is 106. The molecule has 0 amide bonds. The van der Waals surface area contributed by atoms with Gasteiger partial charge >= 0.3 is 0 Å². The summed E-state index contributed by atoms with van der Waals surface area (Å²) in [5.74, 6) is -3.25. The number of aryl methyl sites for hydroxylation is 2. The maximum Gasteiger partial charge on any atom is 0.133 e. The first-order chi connectivity index (χ1) is 58.7. The van der Waals surface area contributed by atoms with Gasteiger partial charge in [-0.05, 0) is 208 Å². The van der Waals surface area contributed by atoms with Crippen molar-refractivity contribution in [1.29, 1.82) is 0 Å². The minimum atomic E-state index is -2.37. The molecule has 7 heterocycles. The highest BCUT2D eigenvalue weighted by Gasteiger charge is 2.48. The molecule has 10 nitrogen and oxygen atoms in total. The van der Waals surface area contributed by atoms with Crippen molar-refractivity contribution in [2.24, 2.45) is 51.2 Å². The lowest BCUT2D eigenvalue weighted by molar-refractivity contribution is -0.0883. The highest BCUT2D eigenvalue weighted by molar-refractivity contribution is 5.31. The Morgan fingerprint density at radius 2 is 0.646 bits per heavy atom. The first kappa shape index (κ1) is 72.5. The van der Waals surface area contributed by atoms with Crippen LogP contribution in [0.3, 0.4) is 0 Å². The van der Waals surface area contributed by atoms with Crippen molar-refractivity contribution in [3.05, 3.63) is 129 Å². The fraction of sp³-hybridized carbons (Fsp3) is 0.786. The van der Waals surface area contributed by atoms with Crippen LogP contribution in [0.1, 0.15) is 472 Å². The SMILES string of the molecule is [2H]C1([2H])C(C(C)(C)C)C([2H])(C)N1C(C)(C)C.[2H]C1([2H])C(C(C)(C)C)C([2H])(C)N1C(C)(C)C.[2H]C1([2H])C(C(C)(C)C)C([2H])([2H])C([2H])(C)C(C(C)(C)C)C1([2H])[2H].[2H]c1c(C(C)(C)C)nc(C)c(C(C)(C)C)c1[2H].[2H]c1c(C(C)(C)C)nnc(C(C)(C)C)c1[2H].[2H]c1nc(C(C)(C)C)c([2H])c([2H])c1C(C)(C)C.[2H]c1nc(C(C)(C)C)nc(C)c1C(C)(C)C.[2H]c1nc(C(C)(C)C)nc([2H])c1C(C)(C)C. The Bertz CT molecular complexity index is 4460. The van der Waals surface area contributed by atoms with Gasteiger partial charge < -0.3 is 0 Å². The predicted molar refractivity (Wildman–Crippen MR) is 498 cm³/mol. The van der Waals surface area contributed by atoms with Crippen LogP contribution in [-0.4, -0.2) is 86.0 Å². The molecular weight excluding hydrogens is 1380 g/mol. The molecule has 0 spiro atoms. The minimum Gasteiger partial charge on any atom is -0.295 e. The van der Waals surface area contributed by atoms with Gasteiger partial charge in [-0.2, -0.15) is 10.2 Å². The van der Waals surface area contributed by atoms with Crippen LogP contribution in [0.5, 0.6) is 0 Å². The topological polar surface area (TPSA) is 110 Å². The molecule has 0 radical (unpaired) electrons. The normalized spacial score (nSPS) is 27.2. The third-order valence-electron chi connectivity index (χ3n) is 18.8. The number of aromatic nitrogens is 8. The average molecular weight is 1590 g/mol. The summed E-state index contributed by atoms with van der Waals surface area (Å²) in [6.45, 7) is 101. The van der Waals surface area contributed by atoms with Crippen LogP contribution in [0.25, 0.3) is 0 Å². The summed E-state index contributed by atoms with van der Waals surface area (Å²) in [7, 11) is 0. The van der Waals surface area contributed by atoms with Crippen molar-refractivity contribution in [3.63, 3.8) is 0 Å². The van der Waals surface area contributed by atoms with E-state index < -0.39 is 72.7 Å². The molecule has 0 aromatic carbocycles. The molecule has 10 heteroatoms. The molecule has 2 aliphatic heterocycles. The summed E-state index contributed by atoms with van der Waals surface area (Å²) in [6, 6.07) is -0.372. The van der Waals surface area contributed by atoms with Crippen molar-refractivity contribution < 1.29 is 31.5 Å². The second-order valence-corrected chi connectivity index (χ2v) is 48.1. The van der Waals surface area contributed by atoms with Gasteiger partial charge in [0.2, 0.25) is 0 Å². The van der Waals surface area contributed by atoms with E-state index in [4.69, 9.17) is 31.5 Å². The number of hydrogen-bond acceptors (Lipinski definition) is 10. The van der Waals surface area contributed by atoms with Crippen molar-refractivity contribution in [2.45, 2.75) is 463 Å². The molecular formula is C103H186N10. The number of rotatable bonds is 0. The molecule has 7 atom stereocenters. The van der Waals surface area contributed by atoms with Crippen LogP contribution < -0.4 is 0 Å². The Balaban J connectivity index is 0.000000779. The molecule has 113 heavy (non-hydrogen) atoms. The van der Waals surface area contributed by atoms with Gasteiger partial charge in [0.15, 0.2) is 0 Å². The van der Waals surface area contributed by atoms with Crippen LogP contribution in [-0.2, 0) is 54.1 Å². The molecule has 8 rings (SSSR count). The zero-order chi connectivity index (χ0) is 110. The summed E-state index contributed by atoms with van der Waals surface area (Å²) in [5, 5.41) is 8.24. The van der Waals surface area contributed by atoms with Crippen molar-refractivity contribution >= 4 is 0 Å². The van der Waals surface area contributed by atoms with E-state index >= 15 is 0 Å². The second kappa shape index (κ2) is 38.7. The van der Waals surface area contributed by atoms with Crippen LogP contribution in [0.4, 0.5) is 0 Å². The van der Waals surface area contributed by atoms with Gasteiger partial charge in [0.1, 0.15) is 11.6 Å². The van der Waals surface area contributed by atoms with Gasteiger partial charge in [-0.1, -0.05) is 310 Å². The quantitative estimate of drug-likeness (QED) is 0.149. The number of pyridine rings is 2. The monoisotopic (exact) mass is 1590 g/mol. The molecule has 0 N–H and O–H groups in total. The molecule has 648 valence electrons. The largest absolute Gasteiger partial charge is 0.295 e. The van der Waals surface area contributed by atoms with Crippen LogP contribution in [0, 0.1) is 65.1 Å². The van der Waals surface area contributed by atoms with Crippen molar-refractivity contribution in [3.8, 4) is 0 Å². The number of likely N-dealkylation sites (tertiary alicyclic amines) is 2. The molecule has 3 aliphatic rings. The van der Waals surface area contributed by atoms with Gasteiger partial charge in [-0.3, -0.25) is 19.8 Å². The van der Waals surface area contributed by atoms with Gasteiger partial charge in [0, 0.05) is 134 Å². The van der Waals surface area contributed by atoms with E-state index in [-0.39, 0.29) is 137 Å². The summed E-state index contributed by atoms with van der Waals surface area (Å²) >= 11 is 0. The lowest BCUT2D eigenvalue weighted by Gasteiger charge is -2.57. The van der Waals surface area contributed by atoms with Gasteiger partial charge in [0.25, 0.3) is 0 Å². The summed E-state index contributed by atoms with van der Waals surface area (Å²) in [4.78, 5) is 29.4. The second-order valence-electron chi connectivity index (χ2n) is 48.1. The first-order valence-corrected chi connectivity index (χ1v) is 41.4. The van der Waals surface area contributed by atoms with Crippen LogP contribution >= 0.6 is 0 Å². The van der Waals surface area contributed by atoms with Gasteiger partial charge in [-0.25, -0.2) is 19.9 Å². The Labute approximate surface area is 735 Å². The lowest BCUT2D eigenvalue weighted by Crippen LogP contribution is -2.64. The van der Waals surface area contributed by atoms with E-state index in [1.807, 2.05) is 256 Å². The Hall–Kier alpha value is -4.54. The molecule has 5 aromatic heterocycles. The van der Waals surface area contributed by atoms with Crippen molar-refractivity contribution in [1.82, 2.24) is 49.9 Å². The predicted octanol–water partition coefficient (Wildman–Crippen LogP) is 28.6. The molecule has 0 bridgehead atoms. The first-order valence-electron chi connectivity index (χ1n) is 52.9. The third-order valence-corrected chi connectivity index (χ3v) is 18.8. The molecule has 2 saturated heterocycles. The van der Waals surface area contributed by atoms with E-state index in [1.54, 1.807) is 51.3 Å². The van der Waals surface area contributed by atoms with E-state index in [0.29, 0.717) is 51.9 Å². The molecule has 3 fully saturated rings. The van der Waals surface area contributed by atoms with Gasteiger partial charge in [0.05, 0.1) is 25.1 Å². The van der Waals surface area contributed by atoms with Gasteiger partial charge in [-0.15, -0.1) is 0 Å². The molecule has 7 unspecified atom stereocenters. The number of nitrogens with zero attached hydrogens (tertiary/aromatic N) is 10. The Morgan fingerprint density at radius 1 is 0.319 bits per heavy atom. The van der Waals surface area contributed by atoms with E-state index in [0.717, 1.165) is 28.3 Å². The summed E-state index contributed by atoms with van der Waals surface area (Å²) in [5.41, 5.74) is 2.58. The van der Waals surface area contributed by atoms with Crippen LogP contribution in [0.15, 0.2) is 60.9 Å². The smallest absolute Gasteiger partial charge is 0.133 e. The number of hydrogen-bond donors (Lipinski definition) is 0. The van der Waals surface area contributed by atoms with E-state index in [1.165, 1.54) is 6.92 Å². The van der Waals surface area contributed by atoms with Crippen LogP contribution in [0.2, 0.25) is 0 Å². The zero-order valence-corrected chi connectivity index (χ0v) is 82.8. The summed E-state index contributed by atoms with van der Waals surface area (Å²) < 4.78 is 190. The average Bonchev–Trinajstić information content (AvgIpc) is 0.686. The fourth-order valence-corrected chi connectivity index (χ4v) is 11.7. The van der Waals surface area contributed by atoms with E-state index in [9.17, 15) is 0 Å². The maximum atomic E-state index is 8.70. The maximum absolute atomic E-state index is 8.70. The highest BCUT2D eigenvalue weighted by atomic mass is 15.3. The van der Waals surface area contributed by atoms with E-state index in [2.05, 4.69) is 102 Å². The standard InChI is InChI=1S/C15H30.C14H23N.C13H22N2.C13H21N.2C12H20N2.2C12H25N/c1-11-10-12(14(2,3)4)8-9-13(11)15(5,6)7;1-10-11(13(2,3)4)8-9-12(15-10)14(5,6)7;1-9-10(12(2,3)4)8-14-11(15-9)13(5,6)7;1-12(2,3)10-7-8-11(14-9-10)13(4,5)6;1-11(2,3)9-7-13-10(14-8-9)12(4,5)6;1-11(2,3)9-7-8-10(14-13-9)12(4,5)6;2*1-9-10(11(2,3)4)8-13(9)12(5,6)7/h11-13H,8-10H2,1-7H3;8-9H,1-7H3;8H,1-7H3;7-9H,1-6H3;2*7-8H,1-6H3;2*9-10H,8H2,1-7H3/i8D2,9D2,10D2,11D;8D,9D;8D;7D,8D,9D;2*7D,8D;2*8D2,9D. The van der Waals surface area contributed by atoms with Crippen molar-refractivity contribution in [2.75, 3.05) is 13.0 Å². The lowest BCUT2D eigenvalue weighted by atomic mass is 9.60. The molecule has 1 aliphatic carbocycles. The highest BCUT2D eigenvalue weighted by Crippen LogP contribution is 2.49. The Kier molecular flexibility index (Phi) is 24.8.